The van der Waals surface area contributed by atoms with Crippen molar-refractivity contribution in [3.63, 3.8) is 0 Å². The van der Waals surface area contributed by atoms with Gasteiger partial charge in [0.1, 0.15) is 0 Å². The molecule has 0 nitrogen and oxygen atoms in total. The number of rotatable bonds is 3. The summed E-state index contributed by atoms with van der Waals surface area (Å²) >= 11 is 0. The van der Waals surface area contributed by atoms with Crippen LogP contribution in [0.5, 0.6) is 0 Å². The summed E-state index contributed by atoms with van der Waals surface area (Å²) in [5.74, 6) is 2.56. The van der Waals surface area contributed by atoms with E-state index in [1.54, 1.807) is 0 Å². The van der Waals surface area contributed by atoms with Gasteiger partial charge in [-0.25, -0.2) is 0 Å². The molecule has 1 aliphatic rings. The van der Waals surface area contributed by atoms with Gasteiger partial charge in [-0.1, -0.05) is 70.9 Å². The van der Waals surface area contributed by atoms with Crippen molar-refractivity contribution < 1.29 is 0 Å². The molecular formula is C18H28. The van der Waals surface area contributed by atoms with E-state index in [-0.39, 0.29) is 0 Å². The van der Waals surface area contributed by atoms with Crippen molar-refractivity contribution in [3.8, 4) is 0 Å². The van der Waals surface area contributed by atoms with Crippen LogP contribution >= 0.6 is 0 Å². The van der Waals surface area contributed by atoms with Crippen molar-refractivity contribution in [3.05, 3.63) is 35.9 Å². The van der Waals surface area contributed by atoms with E-state index in [2.05, 4.69) is 58.0 Å². The topological polar surface area (TPSA) is 0 Å². The zero-order valence-electron chi connectivity index (χ0n) is 12.4. The van der Waals surface area contributed by atoms with E-state index >= 15 is 0 Å². The first kappa shape index (κ1) is 13.6. The highest BCUT2D eigenvalue weighted by atomic mass is 14.4. The number of hydrogen-bond acceptors (Lipinski definition) is 0. The molecule has 0 aromatic heterocycles. The SMILES string of the molecule is CC(C)C1CCCCC1C(C)(C)c1ccccc1. The molecule has 0 saturated heterocycles. The van der Waals surface area contributed by atoms with Crippen LogP contribution in [0.4, 0.5) is 0 Å². The van der Waals surface area contributed by atoms with E-state index < -0.39 is 0 Å². The molecule has 2 rings (SSSR count). The van der Waals surface area contributed by atoms with Crippen molar-refractivity contribution in [2.45, 2.75) is 58.8 Å². The second-order valence-electron chi connectivity index (χ2n) is 6.89. The molecule has 0 spiro atoms. The van der Waals surface area contributed by atoms with E-state index in [4.69, 9.17) is 0 Å². The summed E-state index contributed by atoms with van der Waals surface area (Å²) in [5, 5.41) is 0. The quantitative estimate of drug-likeness (QED) is 0.665. The van der Waals surface area contributed by atoms with Crippen LogP contribution in [-0.2, 0) is 5.41 Å². The summed E-state index contributed by atoms with van der Waals surface area (Å²) in [7, 11) is 0. The Kier molecular flexibility index (Phi) is 4.14. The van der Waals surface area contributed by atoms with Crippen LogP contribution in [-0.4, -0.2) is 0 Å². The predicted molar refractivity (Wildman–Crippen MR) is 79.8 cm³/mol. The fourth-order valence-electron chi connectivity index (χ4n) is 3.94. The molecule has 1 fully saturated rings. The third-order valence-corrected chi connectivity index (χ3v) is 5.12. The molecule has 1 aromatic carbocycles. The molecule has 0 heterocycles. The Morgan fingerprint density at radius 3 is 2.22 bits per heavy atom. The Labute approximate surface area is 113 Å². The summed E-state index contributed by atoms with van der Waals surface area (Å²) in [6.45, 7) is 9.72. The lowest BCUT2D eigenvalue weighted by Crippen LogP contribution is -2.38. The minimum Gasteiger partial charge on any atom is -0.0625 e. The molecule has 1 aliphatic carbocycles. The van der Waals surface area contributed by atoms with E-state index in [9.17, 15) is 0 Å². The van der Waals surface area contributed by atoms with Crippen LogP contribution in [0.25, 0.3) is 0 Å². The van der Waals surface area contributed by atoms with Crippen LogP contribution in [0.15, 0.2) is 30.3 Å². The summed E-state index contributed by atoms with van der Waals surface area (Å²) in [4.78, 5) is 0. The van der Waals surface area contributed by atoms with Crippen LogP contribution in [0.1, 0.15) is 58.9 Å². The van der Waals surface area contributed by atoms with Gasteiger partial charge >= 0.3 is 0 Å². The van der Waals surface area contributed by atoms with Gasteiger partial charge in [0.05, 0.1) is 0 Å². The molecule has 0 N–H and O–H groups in total. The van der Waals surface area contributed by atoms with Gasteiger partial charge in [-0.15, -0.1) is 0 Å². The first-order valence-corrected chi connectivity index (χ1v) is 7.59. The molecule has 0 aliphatic heterocycles. The number of hydrogen-bond donors (Lipinski definition) is 0. The van der Waals surface area contributed by atoms with Gasteiger partial charge in [-0.3, -0.25) is 0 Å². The number of benzene rings is 1. The van der Waals surface area contributed by atoms with Crippen molar-refractivity contribution in [2.24, 2.45) is 17.8 Å². The lowest BCUT2D eigenvalue weighted by molar-refractivity contribution is 0.112. The highest BCUT2D eigenvalue weighted by Crippen LogP contribution is 2.46. The zero-order valence-corrected chi connectivity index (χ0v) is 12.4. The molecule has 0 radical (unpaired) electrons. The average molecular weight is 244 g/mol. The minimum atomic E-state index is 0.316. The van der Waals surface area contributed by atoms with E-state index in [1.165, 1.54) is 31.2 Å². The fourth-order valence-corrected chi connectivity index (χ4v) is 3.94. The average Bonchev–Trinajstić information content (AvgIpc) is 2.39. The molecule has 1 aromatic rings. The first-order chi connectivity index (χ1) is 8.53. The van der Waals surface area contributed by atoms with Gasteiger partial charge in [0, 0.05) is 0 Å². The summed E-state index contributed by atoms with van der Waals surface area (Å²) < 4.78 is 0. The van der Waals surface area contributed by atoms with E-state index in [1.807, 2.05) is 0 Å². The van der Waals surface area contributed by atoms with Crippen LogP contribution in [0.2, 0.25) is 0 Å². The van der Waals surface area contributed by atoms with Gasteiger partial charge in [0.2, 0.25) is 0 Å². The van der Waals surface area contributed by atoms with Gasteiger partial charge in [-0.2, -0.15) is 0 Å². The Hall–Kier alpha value is -0.780. The van der Waals surface area contributed by atoms with Gasteiger partial charge in [0.25, 0.3) is 0 Å². The first-order valence-electron chi connectivity index (χ1n) is 7.59. The van der Waals surface area contributed by atoms with Crippen LogP contribution < -0.4 is 0 Å². The Morgan fingerprint density at radius 1 is 1.00 bits per heavy atom. The maximum Gasteiger partial charge on any atom is -0.00726 e. The maximum absolute atomic E-state index is 2.45. The van der Waals surface area contributed by atoms with Gasteiger partial charge in [-0.05, 0) is 41.6 Å². The van der Waals surface area contributed by atoms with Crippen molar-refractivity contribution in [1.82, 2.24) is 0 Å². The normalized spacial score (nSPS) is 25.4. The monoisotopic (exact) mass is 244 g/mol. The van der Waals surface area contributed by atoms with Crippen LogP contribution in [0, 0.1) is 17.8 Å². The van der Waals surface area contributed by atoms with E-state index in [0.29, 0.717) is 5.41 Å². The molecular weight excluding hydrogens is 216 g/mol. The lowest BCUT2D eigenvalue weighted by atomic mass is 9.60. The lowest BCUT2D eigenvalue weighted by Gasteiger charge is -2.44. The molecule has 0 bridgehead atoms. The predicted octanol–water partition coefficient (Wildman–Crippen LogP) is 5.43. The smallest absolute Gasteiger partial charge is 0.00726 e. The highest BCUT2D eigenvalue weighted by Gasteiger charge is 2.39. The van der Waals surface area contributed by atoms with E-state index in [0.717, 1.165) is 17.8 Å². The van der Waals surface area contributed by atoms with Gasteiger partial charge in [0.15, 0.2) is 0 Å². The molecule has 0 heteroatoms. The highest BCUT2D eigenvalue weighted by molar-refractivity contribution is 5.25. The van der Waals surface area contributed by atoms with Gasteiger partial charge < -0.3 is 0 Å². The molecule has 1 saturated carbocycles. The third-order valence-electron chi connectivity index (χ3n) is 5.12. The van der Waals surface area contributed by atoms with Crippen molar-refractivity contribution >= 4 is 0 Å². The molecule has 18 heavy (non-hydrogen) atoms. The Balaban J connectivity index is 2.27. The molecule has 100 valence electrons. The second-order valence-corrected chi connectivity index (χ2v) is 6.89. The van der Waals surface area contributed by atoms with Crippen molar-refractivity contribution in [1.29, 1.82) is 0 Å². The fraction of sp³-hybridized carbons (Fsp3) is 0.667. The maximum atomic E-state index is 2.45. The summed E-state index contributed by atoms with van der Waals surface area (Å²) in [6, 6.07) is 11.1. The standard InChI is InChI=1S/C18H28/c1-14(2)16-12-8-9-13-17(16)18(3,4)15-10-6-5-7-11-15/h5-7,10-11,14,16-17H,8-9,12-13H2,1-4H3. The summed E-state index contributed by atoms with van der Waals surface area (Å²) in [5.41, 5.74) is 1.83. The van der Waals surface area contributed by atoms with Crippen LogP contribution in [0.3, 0.4) is 0 Å². The largest absolute Gasteiger partial charge is 0.0625 e. The molecule has 2 atom stereocenters. The van der Waals surface area contributed by atoms with Crippen molar-refractivity contribution in [2.75, 3.05) is 0 Å². The Morgan fingerprint density at radius 2 is 1.61 bits per heavy atom. The molecule has 2 unspecified atom stereocenters. The third kappa shape index (κ3) is 2.63. The summed E-state index contributed by atoms with van der Waals surface area (Å²) in [6.07, 6.45) is 5.69. The Bertz CT molecular complexity index is 361. The minimum absolute atomic E-state index is 0.316. The zero-order chi connectivity index (χ0) is 13.2. The molecule has 0 amide bonds. The second kappa shape index (κ2) is 5.47.